The zero-order chi connectivity index (χ0) is 17.6. The first-order chi connectivity index (χ1) is 12.2. The second-order valence-electron chi connectivity index (χ2n) is 5.64. The van der Waals surface area contributed by atoms with Gasteiger partial charge in [-0.1, -0.05) is 24.3 Å². The van der Waals surface area contributed by atoms with E-state index in [4.69, 9.17) is 15.4 Å². The number of carboxylic acid groups (broad SMARTS) is 1. The summed E-state index contributed by atoms with van der Waals surface area (Å²) in [7, 11) is 0. The fourth-order valence-electron chi connectivity index (χ4n) is 2.54. The van der Waals surface area contributed by atoms with Gasteiger partial charge in [-0.05, 0) is 54.3 Å². The topological polar surface area (TPSA) is 74.0 Å². The Labute approximate surface area is 149 Å². The summed E-state index contributed by atoms with van der Waals surface area (Å²) in [5.41, 5.74) is 3.56. The Hall–Kier alpha value is -2.97. The van der Waals surface area contributed by atoms with E-state index in [2.05, 4.69) is 6.07 Å². The van der Waals surface area contributed by atoms with E-state index in [1.54, 1.807) is 23.5 Å². The highest BCUT2D eigenvalue weighted by atomic mass is 32.1. The van der Waals surface area contributed by atoms with Crippen molar-refractivity contribution in [3.05, 3.63) is 64.7 Å². The number of carboxylic acids is 1. The molecule has 3 rings (SSSR count). The molecule has 0 saturated carbocycles. The molecule has 4 nitrogen and oxygen atoms in total. The maximum atomic E-state index is 10.8. The van der Waals surface area contributed by atoms with E-state index in [9.17, 15) is 4.79 Å². The van der Waals surface area contributed by atoms with Crippen molar-refractivity contribution in [3.63, 3.8) is 0 Å². The molecule has 3 aromatic rings. The molecule has 1 aromatic heterocycles. The second-order valence-corrected chi connectivity index (χ2v) is 6.67. The third-order valence-electron chi connectivity index (χ3n) is 3.79. The minimum Gasteiger partial charge on any atom is -0.481 e. The van der Waals surface area contributed by atoms with Gasteiger partial charge in [-0.25, -0.2) is 4.98 Å². The van der Waals surface area contributed by atoms with Crippen LogP contribution in [0.4, 0.5) is 0 Å². The third kappa shape index (κ3) is 4.31. The average Bonchev–Trinajstić information content (AvgIpc) is 3.05. The van der Waals surface area contributed by atoms with Gasteiger partial charge in [0.15, 0.2) is 0 Å². The molecule has 0 spiro atoms. The Morgan fingerprint density at radius 2 is 1.92 bits per heavy atom. The van der Waals surface area contributed by atoms with Crippen molar-refractivity contribution in [1.29, 1.82) is 5.26 Å². The molecule has 1 heterocycles. The molecule has 0 aliphatic rings. The fraction of sp³-hybridized carbons (Fsp3) is 0.150. The molecular weight excluding hydrogens is 332 g/mol. The molecule has 2 aromatic carbocycles. The molecule has 0 amide bonds. The number of fused-ring (bicyclic) bond motifs is 1. The van der Waals surface area contributed by atoms with Crippen LogP contribution in [0.3, 0.4) is 0 Å². The monoisotopic (exact) mass is 348 g/mol. The Morgan fingerprint density at radius 1 is 1.16 bits per heavy atom. The van der Waals surface area contributed by atoms with Crippen LogP contribution in [0.1, 0.15) is 35.4 Å². The Balaban J connectivity index is 1.94. The quantitative estimate of drug-likeness (QED) is 0.683. The van der Waals surface area contributed by atoms with E-state index >= 15 is 0 Å². The number of rotatable bonds is 6. The van der Waals surface area contributed by atoms with E-state index < -0.39 is 5.97 Å². The summed E-state index contributed by atoms with van der Waals surface area (Å²) in [6, 6.07) is 17.4. The maximum Gasteiger partial charge on any atom is 0.303 e. The predicted molar refractivity (Wildman–Crippen MR) is 100 cm³/mol. The van der Waals surface area contributed by atoms with Gasteiger partial charge in [0.05, 0.1) is 21.8 Å². The lowest BCUT2D eigenvalue weighted by molar-refractivity contribution is -0.137. The lowest BCUT2D eigenvalue weighted by atomic mass is 10.0. The van der Waals surface area contributed by atoms with Gasteiger partial charge in [-0.15, -0.1) is 11.3 Å². The van der Waals surface area contributed by atoms with E-state index in [1.807, 2.05) is 42.5 Å². The number of allylic oxidation sites excluding steroid dienone is 1. The normalized spacial score (nSPS) is 11.4. The van der Waals surface area contributed by atoms with Crippen LogP contribution >= 0.6 is 11.3 Å². The summed E-state index contributed by atoms with van der Waals surface area (Å²) in [4.78, 5) is 15.5. The van der Waals surface area contributed by atoms with Gasteiger partial charge in [0, 0.05) is 6.42 Å². The third-order valence-corrected chi connectivity index (χ3v) is 4.90. The number of thiazole rings is 1. The minimum atomic E-state index is -0.790. The summed E-state index contributed by atoms with van der Waals surface area (Å²) in [5, 5.41) is 18.7. The molecule has 124 valence electrons. The number of benzene rings is 2. The lowest BCUT2D eigenvalue weighted by Crippen LogP contribution is -1.94. The fourth-order valence-corrected chi connectivity index (χ4v) is 3.54. The van der Waals surface area contributed by atoms with Crippen LogP contribution in [-0.2, 0) is 4.79 Å². The van der Waals surface area contributed by atoms with Gasteiger partial charge in [-0.2, -0.15) is 5.26 Å². The Morgan fingerprint density at radius 3 is 2.60 bits per heavy atom. The SMILES string of the molecule is N#Cc1ccc(/C=C(/CCCC(=O)O)c2nc3ccccc3s2)cc1. The first-order valence-electron chi connectivity index (χ1n) is 7.94. The summed E-state index contributed by atoms with van der Waals surface area (Å²) in [5.74, 6) is -0.790. The molecule has 0 aliphatic carbocycles. The molecule has 25 heavy (non-hydrogen) atoms. The number of nitriles is 1. The van der Waals surface area contributed by atoms with Crippen LogP contribution < -0.4 is 0 Å². The molecule has 0 atom stereocenters. The molecule has 0 bridgehead atoms. The Bertz CT molecular complexity index is 932. The lowest BCUT2D eigenvalue weighted by Gasteiger charge is -2.04. The van der Waals surface area contributed by atoms with E-state index in [1.165, 1.54) is 0 Å². The molecule has 0 fully saturated rings. The van der Waals surface area contributed by atoms with Crippen LogP contribution in [0.5, 0.6) is 0 Å². The standard InChI is InChI=1S/C20H16N2O2S/c21-13-15-10-8-14(9-11-15)12-16(4-3-7-19(23)24)20-22-17-5-1-2-6-18(17)25-20/h1-2,5-6,8-12H,3-4,7H2,(H,23,24)/b16-12-. The molecule has 0 saturated heterocycles. The molecule has 0 aliphatic heterocycles. The summed E-state index contributed by atoms with van der Waals surface area (Å²) in [6.45, 7) is 0. The highest BCUT2D eigenvalue weighted by Crippen LogP contribution is 2.31. The van der Waals surface area contributed by atoms with Crippen LogP contribution in [0.2, 0.25) is 0 Å². The van der Waals surface area contributed by atoms with Crippen molar-refractivity contribution >= 4 is 39.2 Å². The van der Waals surface area contributed by atoms with Crippen LogP contribution in [0.15, 0.2) is 48.5 Å². The number of para-hydroxylation sites is 1. The zero-order valence-corrected chi connectivity index (χ0v) is 14.3. The van der Waals surface area contributed by atoms with Crippen molar-refractivity contribution in [2.45, 2.75) is 19.3 Å². The summed E-state index contributed by atoms with van der Waals surface area (Å²) in [6.07, 6.45) is 3.37. The van der Waals surface area contributed by atoms with Gasteiger partial charge in [0.2, 0.25) is 0 Å². The number of aromatic nitrogens is 1. The number of hydrogen-bond acceptors (Lipinski definition) is 4. The molecular formula is C20H16N2O2S. The largest absolute Gasteiger partial charge is 0.481 e. The number of nitrogens with zero attached hydrogens (tertiary/aromatic N) is 2. The minimum absolute atomic E-state index is 0.135. The summed E-state index contributed by atoms with van der Waals surface area (Å²) >= 11 is 1.61. The molecule has 1 N–H and O–H groups in total. The van der Waals surface area contributed by atoms with Crippen LogP contribution in [0, 0.1) is 11.3 Å². The molecule has 0 radical (unpaired) electrons. The van der Waals surface area contributed by atoms with E-state index in [-0.39, 0.29) is 6.42 Å². The van der Waals surface area contributed by atoms with Gasteiger partial charge in [0.25, 0.3) is 0 Å². The highest BCUT2D eigenvalue weighted by molar-refractivity contribution is 7.19. The van der Waals surface area contributed by atoms with Crippen LogP contribution in [-0.4, -0.2) is 16.1 Å². The number of carbonyl (C=O) groups is 1. The first kappa shape index (κ1) is 16.9. The van der Waals surface area contributed by atoms with Gasteiger partial charge >= 0.3 is 5.97 Å². The van der Waals surface area contributed by atoms with E-state index in [0.717, 1.165) is 26.4 Å². The van der Waals surface area contributed by atoms with Crippen molar-refractivity contribution < 1.29 is 9.90 Å². The summed E-state index contributed by atoms with van der Waals surface area (Å²) < 4.78 is 1.11. The van der Waals surface area contributed by atoms with E-state index in [0.29, 0.717) is 18.4 Å². The van der Waals surface area contributed by atoms with Crippen molar-refractivity contribution in [1.82, 2.24) is 4.98 Å². The Kier molecular flexibility index (Phi) is 5.22. The average molecular weight is 348 g/mol. The maximum absolute atomic E-state index is 10.8. The van der Waals surface area contributed by atoms with Gasteiger partial charge < -0.3 is 5.11 Å². The van der Waals surface area contributed by atoms with Crippen molar-refractivity contribution in [2.75, 3.05) is 0 Å². The second kappa shape index (κ2) is 7.73. The van der Waals surface area contributed by atoms with Crippen molar-refractivity contribution in [3.8, 4) is 6.07 Å². The number of hydrogen-bond donors (Lipinski definition) is 1. The number of aliphatic carboxylic acids is 1. The van der Waals surface area contributed by atoms with Crippen LogP contribution in [0.25, 0.3) is 21.9 Å². The highest BCUT2D eigenvalue weighted by Gasteiger charge is 2.10. The van der Waals surface area contributed by atoms with Crippen molar-refractivity contribution in [2.24, 2.45) is 0 Å². The molecule has 0 unspecified atom stereocenters. The first-order valence-corrected chi connectivity index (χ1v) is 8.76. The molecule has 5 heteroatoms. The van der Waals surface area contributed by atoms with Gasteiger partial charge in [-0.3, -0.25) is 4.79 Å². The van der Waals surface area contributed by atoms with Gasteiger partial charge in [0.1, 0.15) is 5.01 Å². The predicted octanol–water partition coefficient (Wildman–Crippen LogP) is 4.96. The smallest absolute Gasteiger partial charge is 0.303 e. The zero-order valence-electron chi connectivity index (χ0n) is 13.5.